The fraction of sp³-hybridized carbons (Fsp3) is 0.176. The van der Waals surface area contributed by atoms with Crippen LogP contribution in [0.4, 0.5) is 5.69 Å². The normalized spacial score (nSPS) is 10.3. The van der Waals surface area contributed by atoms with Crippen molar-refractivity contribution in [1.29, 1.82) is 0 Å². The third-order valence-electron chi connectivity index (χ3n) is 3.26. The van der Waals surface area contributed by atoms with Crippen molar-refractivity contribution in [3.63, 3.8) is 0 Å². The standard InChI is InChI=1S/C17H16BrClN2O2/c1-10-3-4-12(7-16(10)21-11(2)22)17(23)20-9-13-5-6-14(18)8-15(13)19/h3-8H,9H2,1-2H3,(H,20,23)(H,21,22). The van der Waals surface area contributed by atoms with Gasteiger partial charge in [-0.15, -0.1) is 0 Å². The zero-order valence-corrected chi connectivity index (χ0v) is 15.1. The highest BCUT2D eigenvalue weighted by molar-refractivity contribution is 9.10. The summed E-state index contributed by atoms with van der Waals surface area (Å²) in [6, 6.07) is 10.7. The van der Waals surface area contributed by atoms with Gasteiger partial charge in [-0.25, -0.2) is 0 Å². The molecule has 120 valence electrons. The first-order valence-corrected chi connectivity index (χ1v) is 8.14. The van der Waals surface area contributed by atoms with Crippen molar-refractivity contribution in [3.8, 4) is 0 Å². The SMILES string of the molecule is CC(=O)Nc1cc(C(=O)NCc2ccc(Br)cc2Cl)ccc1C. The van der Waals surface area contributed by atoms with Gasteiger partial charge in [0.05, 0.1) is 0 Å². The lowest BCUT2D eigenvalue weighted by atomic mass is 10.1. The van der Waals surface area contributed by atoms with E-state index in [0.29, 0.717) is 22.8 Å². The topological polar surface area (TPSA) is 58.2 Å². The maximum absolute atomic E-state index is 12.3. The Balaban J connectivity index is 2.10. The van der Waals surface area contributed by atoms with E-state index in [0.717, 1.165) is 15.6 Å². The molecular formula is C17H16BrClN2O2. The molecule has 0 unspecified atom stereocenters. The minimum atomic E-state index is -0.226. The van der Waals surface area contributed by atoms with E-state index in [2.05, 4.69) is 26.6 Å². The number of hydrogen-bond donors (Lipinski definition) is 2. The number of hydrogen-bond acceptors (Lipinski definition) is 2. The summed E-state index contributed by atoms with van der Waals surface area (Å²) in [5.41, 5.74) is 2.84. The first kappa shape index (κ1) is 17.5. The Labute approximate surface area is 148 Å². The van der Waals surface area contributed by atoms with Crippen LogP contribution in [0.2, 0.25) is 5.02 Å². The second kappa shape index (κ2) is 7.62. The molecule has 6 heteroatoms. The van der Waals surface area contributed by atoms with Gasteiger partial charge in [-0.2, -0.15) is 0 Å². The van der Waals surface area contributed by atoms with E-state index >= 15 is 0 Å². The molecule has 0 aliphatic rings. The average molecular weight is 396 g/mol. The van der Waals surface area contributed by atoms with Gasteiger partial charge in [0, 0.05) is 34.2 Å². The van der Waals surface area contributed by atoms with E-state index in [4.69, 9.17) is 11.6 Å². The van der Waals surface area contributed by atoms with Crippen molar-refractivity contribution >= 4 is 45.0 Å². The van der Waals surface area contributed by atoms with Gasteiger partial charge < -0.3 is 10.6 Å². The molecule has 0 saturated carbocycles. The number of carbonyl (C=O) groups excluding carboxylic acids is 2. The summed E-state index contributed by atoms with van der Waals surface area (Å²) in [5, 5.41) is 6.12. The number of nitrogens with one attached hydrogen (secondary N) is 2. The summed E-state index contributed by atoms with van der Waals surface area (Å²) in [6.45, 7) is 3.63. The number of rotatable bonds is 4. The number of aryl methyl sites for hydroxylation is 1. The summed E-state index contributed by atoms with van der Waals surface area (Å²) < 4.78 is 0.885. The van der Waals surface area contributed by atoms with Crippen LogP contribution in [0.15, 0.2) is 40.9 Å². The number of benzene rings is 2. The van der Waals surface area contributed by atoms with Crippen LogP contribution in [0.3, 0.4) is 0 Å². The molecule has 2 aromatic rings. The van der Waals surface area contributed by atoms with Gasteiger partial charge in [-0.05, 0) is 42.3 Å². The number of amides is 2. The van der Waals surface area contributed by atoms with Gasteiger partial charge in [-0.1, -0.05) is 39.7 Å². The third kappa shape index (κ3) is 4.81. The van der Waals surface area contributed by atoms with Crippen molar-refractivity contribution in [2.24, 2.45) is 0 Å². The second-order valence-corrected chi connectivity index (χ2v) is 6.45. The highest BCUT2D eigenvalue weighted by atomic mass is 79.9. The fourth-order valence-electron chi connectivity index (χ4n) is 2.03. The smallest absolute Gasteiger partial charge is 0.251 e. The summed E-state index contributed by atoms with van der Waals surface area (Å²) >= 11 is 9.47. The van der Waals surface area contributed by atoms with E-state index in [1.165, 1.54) is 6.92 Å². The number of carbonyl (C=O) groups is 2. The molecule has 0 radical (unpaired) electrons. The van der Waals surface area contributed by atoms with Gasteiger partial charge in [0.2, 0.25) is 5.91 Å². The molecule has 0 aromatic heterocycles. The molecule has 2 amide bonds. The van der Waals surface area contributed by atoms with Gasteiger partial charge in [-0.3, -0.25) is 9.59 Å². The molecule has 0 aliphatic carbocycles. The third-order valence-corrected chi connectivity index (χ3v) is 4.11. The van der Waals surface area contributed by atoms with E-state index in [9.17, 15) is 9.59 Å². The van der Waals surface area contributed by atoms with Crippen molar-refractivity contribution in [2.75, 3.05) is 5.32 Å². The monoisotopic (exact) mass is 394 g/mol. The first-order valence-electron chi connectivity index (χ1n) is 6.97. The predicted molar refractivity (Wildman–Crippen MR) is 95.8 cm³/mol. The maximum Gasteiger partial charge on any atom is 0.251 e. The molecule has 0 saturated heterocycles. The van der Waals surface area contributed by atoms with Crippen LogP contribution in [0.5, 0.6) is 0 Å². The zero-order chi connectivity index (χ0) is 17.0. The van der Waals surface area contributed by atoms with Gasteiger partial charge in [0.1, 0.15) is 0 Å². The molecular weight excluding hydrogens is 380 g/mol. The molecule has 0 bridgehead atoms. The molecule has 0 aliphatic heterocycles. The van der Waals surface area contributed by atoms with Crippen molar-refractivity contribution in [3.05, 3.63) is 62.6 Å². The Morgan fingerprint density at radius 1 is 1.17 bits per heavy atom. The Morgan fingerprint density at radius 3 is 2.57 bits per heavy atom. The summed E-state index contributed by atoms with van der Waals surface area (Å²) in [4.78, 5) is 23.5. The molecule has 0 fully saturated rings. The predicted octanol–water partition coefficient (Wildman–Crippen LogP) is 4.30. The minimum Gasteiger partial charge on any atom is -0.348 e. The Morgan fingerprint density at radius 2 is 1.91 bits per heavy atom. The van der Waals surface area contributed by atoms with Gasteiger partial charge >= 0.3 is 0 Å². The van der Waals surface area contributed by atoms with Crippen LogP contribution >= 0.6 is 27.5 Å². The highest BCUT2D eigenvalue weighted by Crippen LogP contribution is 2.21. The molecule has 4 nitrogen and oxygen atoms in total. The largest absolute Gasteiger partial charge is 0.348 e. The van der Waals surface area contributed by atoms with Crippen LogP contribution in [0.25, 0.3) is 0 Å². The lowest BCUT2D eigenvalue weighted by Gasteiger charge is -2.11. The maximum atomic E-state index is 12.3. The van der Waals surface area contributed by atoms with Gasteiger partial charge in [0.25, 0.3) is 5.91 Å². The molecule has 2 aromatic carbocycles. The Hall–Kier alpha value is -1.85. The molecule has 0 atom stereocenters. The quantitative estimate of drug-likeness (QED) is 0.811. The van der Waals surface area contributed by atoms with Crippen molar-refractivity contribution in [2.45, 2.75) is 20.4 Å². The first-order chi connectivity index (χ1) is 10.9. The van der Waals surface area contributed by atoms with Crippen LogP contribution < -0.4 is 10.6 Å². The fourth-order valence-corrected chi connectivity index (χ4v) is 2.77. The number of halogens is 2. The van der Waals surface area contributed by atoms with Crippen LogP contribution in [-0.2, 0) is 11.3 Å². The van der Waals surface area contributed by atoms with E-state index in [1.807, 2.05) is 19.1 Å². The van der Waals surface area contributed by atoms with E-state index in [1.54, 1.807) is 24.3 Å². The Kier molecular flexibility index (Phi) is 5.80. The molecule has 2 N–H and O–H groups in total. The number of anilines is 1. The molecule has 0 spiro atoms. The summed E-state index contributed by atoms with van der Waals surface area (Å²) in [7, 11) is 0. The summed E-state index contributed by atoms with van der Waals surface area (Å²) in [5.74, 6) is -0.400. The highest BCUT2D eigenvalue weighted by Gasteiger charge is 2.10. The minimum absolute atomic E-state index is 0.174. The Bertz CT molecular complexity index is 762. The molecule has 0 heterocycles. The van der Waals surface area contributed by atoms with Crippen molar-refractivity contribution in [1.82, 2.24) is 5.32 Å². The lowest BCUT2D eigenvalue weighted by molar-refractivity contribution is -0.114. The molecule has 23 heavy (non-hydrogen) atoms. The molecule has 2 rings (SSSR count). The van der Waals surface area contributed by atoms with Crippen LogP contribution in [0, 0.1) is 6.92 Å². The van der Waals surface area contributed by atoms with E-state index < -0.39 is 0 Å². The van der Waals surface area contributed by atoms with Crippen LogP contribution in [-0.4, -0.2) is 11.8 Å². The lowest BCUT2D eigenvalue weighted by Crippen LogP contribution is -2.23. The van der Waals surface area contributed by atoms with Crippen LogP contribution in [0.1, 0.15) is 28.4 Å². The zero-order valence-electron chi connectivity index (χ0n) is 12.7. The van der Waals surface area contributed by atoms with Crippen molar-refractivity contribution < 1.29 is 9.59 Å². The van der Waals surface area contributed by atoms with E-state index in [-0.39, 0.29) is 11.8 Å². The van der Waals surface area contributed by atoms with Gasteiger partial charge in [0.15, 0.2) is 0 Å². The summed E-state index contributed by atoms with van der Waals surface area (Å²) in [6.07, 6.45) is 0. The average Bonchev–Trinajstić information content (AvgIpc) is 2.48. The second-order valence-electron chi connectivity index (χ2n) is 5.13.